The van der Waals surface area contributed by atoms with Gasteiger partial charge in [0.05, 0.1) is 5.56 Å². The molecule has 2 aromatic carbocycles. The van der Waals surface area contributed by atoms with Crippen molar-refractivity contribution in [1.82, 2.24) is 9.97 Å². The van der Waals surface area contributed by atoms with Crippen LogP contribution in [0.15, 0.2) is 79.3 Å². The molecule has 0 aliphatic heterocycles. The van der Waals surface area contributed by atoms with E-state index in [1.165, 1.54) is 18.2 Å². The lowest BCUT2D eigenvalue weighted by molar-refractivity contribution is -0.137. The molecule has 1 amide bonds. The highest BCUT2D eigenvalue weighted by Crippen LogP contribution is 2.31. The van der Waals surface area contributed by atoms with Gasteiger partial charge in [0.1, 0.15) is 0 Å². The van der Waals surface area contributed by atoms with Crippen molar-refractivity contribution in [1.29, 1.82) is 0 Å². The first-order valence-electron chi connectivity index (χ1n) is 9.54. The second-order valence-electron chi connectivity index (χ2n) is 7.05. The van der Waals surface area contributed by atoms with Crippen LogP contribution in [-0.4, -0.2) is 15.9 Å². The second-order valence-corrected chi connectivity index (χ2v) is 7.05. The number of amides is 1. The molecule has 0 fully saturated rings. The predicted molar refractivity (Wildman–Crippen MR) is 114 cm³/mol. The summed E-state index contributed by atoms with van der Waals surface area (Å²) in [6.45, 7) is 0. The van der Waals surface area contributed by atoms with Crippen LogP contribution in [0.25, 0.3) is 17.0 Å². The van der Waals surface area contributed by atoms with Crippen molar-refractivity contribution in [3.63, 3.8) is 0 Å². The van der Waals surface area contributed by atoms with Gasteiger partial charge in [0.2, 0.25) is 5.91 Å². The van der Waals surface area contributed by atoms with Gasteiger partial charge in [0.15, 0.2) is 0 Å². The maximum absolute atomic E-state index is 13.2. The van der Waals surface area contributed by atoms with Crippen LogP contribution in [0.2, 0.25) is 0 Å². The molecular formula is C24H18F3N3O. The molecule has 0 bridgehead atoms. The Balaban J connectivity index is 1.56. The molecule has 156 valence electrons. The number of halogens is 3. The Hall–Kier alpha value is -3.87. The molecule has 2 aromatic heterocycles. The fourth-order valence-electron chi connectivity index (χ4n) is 3.30. The number of carbonyl (C=O) groups excluding carboxylic acids is 1. The lowest BCUT2D eigenvalue weighted by atomic mass is 9.97. The Morgan fingerprint density at radius 2 is 1.97 bits per heavy atom. The average Bonchev–Trinajstić information content (AvgIpc) is 3.21. The summed E-state index contributed by atoms with van der Waals surface area (Å²) in [5.74, 6) is -0.373. The number of benzene rings is 2. The van der Waals surface area contributed by atoms with Crippen molar-refractivity contribution >= 4 is 28.6 Å². The zero-order valence-electron chi connectivity index (χ0n) is 16.3. The highest BCUT2D eigenvalue weighted by Gasteiger charge is 2.30. The number of pyridine rings is 1. The molecule has 0 saturated heterocycles. The van der Waals surface area contributed by atoms with Gasteiger partial charge in [0.25, 0.3) is 0 Å². The largest absolute Gasteiger partial charge is 0.416 e. The van der Waals surface area contributed by atoms with Crippen molar-refractivity contribution in [2.24, 2.45) is 0 Å². The minimum Gasteiger partial charge on any atom is -0.361 e. The van der Waals surface area contributed by atoms with Gasteiger partial charge < -0.3 is 10.3 Å². The molecule has 0 unspecified atom stereocenters. The summed E-state index contributed by atoms with van der Waals surface area (Å²) in [5.41, 5.74) is 2.63. The smallest absolute Gasteiger partial charge is 0.361 e. The van der Waals surface area contributed by atoms with Gasteiger partial charge in [-0.15, -0.1) is 0 Å². The van der Waals surface area contributed by atoms with Crippen LogP contribution in [0.3, 0.4) is 0 Å². The van der Waals surface area contributed by atoms with Gasteiger partial charge in [-0.3, -0.25) is 9.78 Å². The number of fused-ring (bicyclic) bond motifs is 1. The van der Waals surface area contributed by atoms with Gasteiger partial charge in [0, 0.05) is 41.3 Å². The van der Waals surface area contributed by atoms with Crippen molar-refractivity contribution in [3.05, 3.63) is 102 Å². The molecule has 4 nitrogen and oxygen atoms in total. The monoisotopic (exact) mass is 421 g/mol. The zero-order chi connectivity index (χ0) is 21.8. The minimum atomic E-state index is -4.44. The van der Waals surface area contributed by atoms with Crippen molar-refractivity contribution in [2.75, 3.05) is 5.32 Å². The Labute approximate surface area is 176 Å². The molecule has 0 radical (unpaired) electrons. The molecular weight excluding hydrogens is 403 g/mol. The second kappa shape index (κ2) is 8.47. The summed E-state index contributed by atoms with van der Waals surface area (Å²) >= 11 is 0. The fourth-order valence-corrected chi connectivity index (χ4v) is 3.30. The van der Waals surface area contributed by atoms with Gasteiger partial charge in [-0.2, -0.15) is 13.2 Å². The minimum absolute atomic E-state index is 0.267. The highest BCUT2D eigenvalue weighted by molar-refractivity contribution is 6.03. The third-order valence-corrected chi connectivity index (χ3v) is 4.82. The number of nitrogens with zero attached hydrogens (tertiary/aromatic N) is 1. The SMILES string of the molecule is O=C(/C=C/c1ccc(C(F)(F)F)cc1Cc1cccnc1)Nc1ccc2[nH]ccc2c1. The van der Waals surface area contributed by atoms with Crippen molar-refractivity contribution in [2.45, 2.75) is 12.6 Å². The van der Waals surface area contributed by atoms with E-state index in [1.54, 1.807) is 30.6 Å². The Morgan fingerprint density at radius 1 is 1.10 bits per heavy atom. The molecule has 7 heteroatoms. The summed E-state index contributed by atoms with van der Waals surface area (Å²) in [7, 11) is 0. The van der Waals surface area contributed by atoms with Gasteiger partial charge in [-0.1, -0.05) is 12.1 Å². The molecule has 2 N–H and O–H groups in total. The van der Waals surface area contributed by atoms with Gasteiger partial charge in [-0.25, -0.2) is 0 Å². The Bertz CT molecular complexity index is 1240. The van der Waals surface area contributed by atoms with E-state index in [2.05, 4.69) is 15.3 Å². The van der Waals surface area contributed by atoms with E-state index in [0.717, 1.165) is 28.6 Å². The van der Waals surface area contributed by atoms with Crippen LogP contribution in [0, 0.1) is 0 Å². The normalized spacial score (nSPS) is 11.8. The summed E-state index contributed by atoms with van der Waals surface area (Å²) in [4.78, 5) is 19.5. The highest BCUT2D eigenvalue weighted by atomic mass is 19.4. The number of alkyl halides is 3. The van der Waals surface area contributed by atoms with E-state index < -0.39 is 11.7 Å². The number of H-pyrrole nitrogens is 1. The summed E-state index contributed by atoms with van der Waals surface area (Å²) < 4.78 is 39.6. The number of aromatic nitrogens is 2. The maximum atomic E-state index is 13.2. The molecule has 4 rings (SSSR count). The van der Waals surface area contributed by atoms with E-state index in [-0.39, 0.29) is 12.3 Å². The maximum Gasteiger partial charge on any atom is 0.416 e. The molecule has 0 aliphatic carbocycles. The van der Waals surface area contributed by atoms with Crippen LogP contribution >= 0.6 is 0 Å². The van der Waals surface area contributed by atoms with Crippen LogP contribution in [0.5, 0.6) is 0 Å². The van der Waals surface area contributed by atoms with Crippen molar-refractivity contribution in [3.8, 4) is 0 Å². The summed E-state index contributed by atoms with van der Waals surface area (Å²) in [6.07, 6.45) is 3.68. The lowest BCUT2D eigenvalue weighted by Gasteiger charge is -2.12. The fraction of sp³-hybridized carbons (Fsp3) is 0.0833. The van der Waals surface area contributed by atoms with E-state index >= 15 is 0 Å². The third-order valence-electron chi connectivity index (χ3n) is 4.82. The zero-order valence-corrected chi connectivity index (χ0v) is 16.3. The lowest BCUT2D eigenvalue weighted by Crippen LogP contribution is -2.08. The summed E-state index contributed by atoms with van der Waals surface area (Å²) in [5, 5.41) is 3.73. The van der Waals surface area contributed by atoms with Crippen LogP contribution in [0.1, 0.15) is 22.3 Å². The molecule has 0 aliphatic rings. The van der Waals surface area contributed by atoms with Gasteiger partial charge in [-0.05, 0) is 71.7 Å². The average molecular weight is 421 g/mol. The topological polar surface area (TPSA) is 57.8 Å². The summed E-state index contributed by atoms with van der Waals surface area (Å²) in [6, 6.07) is 14.4. The molecule has 0 saturated carbocycles. The number of hydrogen-bond acceptors (Lipinski definition) is 2. The molecule has 0 spiro atoms. The molecule has 0 atom stereocenters. The van der Waals surface area contributed by atoms with Gasteiger partial charge >= 0.3 is 6.18 Å². The number of aromatic amines is 1. The van der Waals surface area contributed by atoms with Crippen LogP contribution < -0.4 is 5.32 Å². The predicted octanol–water partition coefficient (Wildman–Crippen LogP) is 5.82. The quantitative estimate of drug-likeness (QED) is 0.399. The Kier molecular flexibility index (Phi) is 5.58. The standard InChI is InChI=1S/C24H18F3N3O/c25-24(26,27)20-5-3-17(19(13-20)12-16-2-1-10-28-15-16)4-8-23(31)30-21-6-7-22-18(14-21)9-11-29-22/h1-11,13-15,29H,12H2,(H,30,31)/b8-4+. The third kappa shape index (κ3) is 5.01. The van der Waals surface area contributed by atoms with Crippen LogP contribution in [0.4, 0.5) is 18.9 Å². The number of hydrogen-bond donors (Lipinski definition) is 2. The van der Waals surface area contributed by atoms with Crippen molar-refractivity contribution < 1.29 is 18.0 Å². The molecule has 31 heavy (non-hydrogen) atoms. The number of anilines is 1. The number of carbonyl (C=O) groups is 1. The van der Waals surface area contributed by atoms with E-state index in [1.807, 2.05) is 24.4 Å². The molecule has 2 heterocycles. The van der Waals surface area contributed by atoms with E-state index in [4.69, 9.17) is 0 Å². The molecule has 4 aromatic rings. The number of nitrogens with one attached hydrogen (secondary N) is 2. The van der Waals surface area contributed by atoms with E-state index in [0.29, 0.717) is 16.8 Å². The first-order chi connectivity index (χ1) is 14.9. The first kappa shape index (κ1) is 20.4. The number of rotatable bonds is 5. The van der Waals surface area contributed by atoms with Crippen LogP contribution in [-0.2, 0) is 17.4 Å². The first-order valence-corrected chi connectivity index (χ1v) is 9.54. The Morgan fingerprint density at radius 3 is 2.74 bits per heavy atom. The van der Waals surface area contributed by atoms with E-state index in [9.17, 15) is 18.0 Å².